The predicted octanol–water partition coefficient (Wildman–Crippen LogP) is 4.93. The first-order valence-corrected chi connectivity index (χ1v) is 8.22. The molecule has 0 aromatic heterocycles. The fourth-order valence-electron chi connectivity index (χ4n) is 2.44. The van der Waals surface area contributed by atoms with Crippen molar-refractivity contribution in [2.75, 3.05) is 0 Å². The molecular formula is C19H30O3. The number of aliphatic carboxylic acids is 1. The molecule has 0 amide bonds. The van der Waals surface area contributed by atoms with Crippen molar-refractivity contribution < 1.29 is 14.6 Å². The van der Waals surface area contributed by atoms with Crippen molar-refractivity contribution in [1.29, 1.82) is 0 Å². The van der Waals surface area contributed by atoms with Crippen LogP contribution in [0.5, 0.6) is 5.75 Å². The van der Waals surface area contributed by atoms with Crippen molar-refractivity contribution in [2.24, 2.45) is 11.8 Å². The van der Waals surface area contributed by atoms with E-state index in [1.165, 1.54) is 19.3 Å². The summed E-state index contributed by atoms with van der Waals surface area (Å²) in [5.41, 5.74) is -0.120. The van der Waals surface area contributed by atoms with Gasteiger partial charge in [0.15, 0.2) is 5.60 Å². The lowest BCUT2D eigenvalue weighted by atomic mass is 9.93. The molecular weight excluding hydrogens is 276 g/mol. The highest BCUT2D eigenvalue weighted by Crippen LogP contribution is 2.27. The van der Waals surface area contributed by atoms with Gasteiger partial charge in [0.1, 0.15) is 5.75 Å². The molecule has 1 unspecified atom stereocenters. The molecule has 0 aliphatic carbocycles. The highest BCUT2D eigenvalue weighted by molar-refractivity contribution is 5.76. The highest BCUT2D eigenvalue weighted by atomic mass is 16.5. The molecule has 124 valence electrons. The Bertz CT molecular complexity index is 477. The summed E-state index contributed by atoms with van der Waals surface area (Å²) in [6.45, 7) is 9.92. The van der Waals surface area contributed by atoms with Gasteiger partial charge in [-0.25, -0.2) is 4.79 Å². The summed E-state index contributed by atoms with van der Waals surface area (Å²) in [6.07, 6.45) is 4.61. The van der Waals surface area contributed by atoms with E-state index in [2.05, 4.69) is 20.8 Å². The van der Waals surface area contributed by atoms with Crippen LogP contribution >= 0.6 is 0 Å². The first-order chi connectivity index (χ1) is 10.2. The predicted molar refractivity (Wildman–Crippen MR) is 90.3 cm³/mol. The van der Waals surface area contributed by atoms with Crippen LogP contribution in [0.15, 0.2) is 24.3 Å². The van der Waals surface area contributed by atoms with E-state index in [-0.39, 0.29) is 0 Å². The number of rotatable bonds is 9. The summed E-state index contributed by atoms with van der Waals surface area (Å²) in [5.74, 6) is 1.05. The third-order valence-corrected chi connectivity index (χ3v) is 3.90. The molecule has 0 fully saturated rings. The monoisotopic (exact) mass is 306 g/mol. The van der Waals surface area contributed by atoms with Gasteiger partial charge in [0.25, 0.3) is 0 Å². The quantitative estimate of drug-likeness (QED) is 0.703. The molecule has 1 N–H and O–H groups in total. The van der Waals surface area contributed by atoms with E-state index in [0.29, 0.717) is 11.7 Å². The van der Waals surface area contributed by atoms with E-state index in [0.717, 1.165) is 17.9 Å². The van der Waals surface area contributed by atoms with Crippen LogP contribution in [0.3, 0.4) is 0 Å². The number of hydrogen-bond donors (Lipinski definition) is 1. The van der Waals surface area contributed by atoms with Crippen molar-refractivity contribution >= 4 is 5.97 Å². The molecule has 3 heteroatoms. The van der Waals surface area contributed by atoms with Crippen LogP contribution in [0.4, 0.5) is 0 Å². The van der Waals surface area contributed by atoms with E-state index in [1.807, 2.05) is 24.3 Å². The zero-order valence-corrected chi connectivity index (χ0v) is 14.6. The van der Waals surface area contributed by atoms with Crippen LogP contribution in [0.25, 0.3) is 0 Å². The van der Waals surface area contributed by atoms with E-state index < -0.39 is 11.6 Å². The Kier molecular flexibility index (Phi) is 6.92. The molecule has 1 atom stereocenters. The van der Waals surface area contributed by atoms with E-state index in [1.54, 1.807) is 13.8 Å². The third kappa shape index (κ3) is 6.08. The fourth-order valence-corrected chi connectivity index (χ4v) is 2.44. The second kappa shape index (κ2) is 8.21. The van der Waals surface area contributed by atoms with E-state index in [9.17, 15) is 9.90 Å². The Balaban J connectivity index is 2.69. The number of carboxylic acid groups (broad SMARTS) is 1. The number of para-hydroxylation sites is 1. The summed E-state index contributed by atoms with van der Waals surface area (Å²) < 4.78 is 5.74. The number of hydrogen-bond acceptors (Lipinski definition) is 2. The maximum atomic E-state index is 11.2. The van der Waals surface area contributed by atoms with Gasteiger partial charge >= 0.3 is 5.97 Å². The van der Waals surface area contributed by atoms with Crippen LogP contribution in [-0.2, 0) is 11.2 Å². The molecule has 1 aromatic carbocycles. The van der Waals surface area contributed by atoms with Crippen molar-refractivity contribution in [2.45, 2.75) is 65.9 Å². The SMILES string of the molecule is CC(C)CCCC(C)Cc1ccccc1OC(C)(C)C(=O)O. The Labute approximate surface area is 134 Å². The van der Waals surface area contributed by atoms with Gasteiger partial charge in [0, 0.05) is 0 Å². The second-order valence-corrected chi connectivity index (χ2v) is 7.16. The Morgan fingerprint density at radius 3 is 2.41 bits per heavy atom. The number of benzene rings is 1. The zero-order valence-electron chi connectivity index (χ0n) is 14.6. The van der Waals surface area contributed by atoms with Gasteiger partial charge in [-0.3, -0.25) is 0 Å². The van der Waals surface area contributed by atoms with Gasteiger partial charge in [0.2, 0.25) is 0 Å². The van der Waals surface area contributed by atoms with Crippen LogP contribution in [0.1, 0.15) is 59.4 Å². The summed E-state index contributed by atoms with van der Waals surface area (Å²) in [6, 6.07) is 7.77. The smallest absolute Gasteiger partial charge is 0.347 e. The minimum atomic E-state index is -1.21. The van der Waals surface area contributed by atoms with Gasteiger partial charge < -0.3 is 9.84 Å². The van der Waals surface area contributed by atoms with Crippen LogP contribution in [0.2, 0.25) is 0 Å². The molecule has 0 spiro atoms. The van der Waals surface area contributed by atoms with Crippen LogP contribution in [-0.4, -0.2) is 16.7 Å². The van der Waals surface area contributed by atoms with Gasteiger partial charge in [-0.15, -0.1) is 0 Å². The molecule has 0 aliphatic heterocycles. The maximum absolute atomic E-state index is 11.2. The van der Waals surface area contributed by atoms with Crippen LogP contribution < -0.4 is 4.74 Å². The number of ether oxygens (including phenoxy) is 1. The average molecular weight is 306 g/mol. The molecule has 0 saturated carbocycles. The maximum Gasteiger partial charge on any atom is 0.347 e. The minimum Gasteiger partial charge on any atom is -0.478 e. The van der Waals surface area contributed by atoms with E-state index in [4.69, 9.17) is 4.74 Å². The lowest BCUT2D eigenvalue weighted by molar-refractivity contribution is -0.152. The molecule has 0 heterocycles. The molecule has 1 rings (SSSR count). The minimum absolute atomic E-state index is 0.566. The lowest BCUT2D eigenvalue weighted by Crippen LogP contribution is -2.38. The Morgan fingerprint density at radius 2 is 1.82 bits per heavy atom. The van der Waals surface area contributed by atoms with Gasteiger partial charge in [-0.05, 0) is 43.7 Å². The normalized spacial score (nSPS) is 13.2. The third-order valence-electron chi connectivity index (χ3n) is 3.90. The van der Waals surface area contributed by atoms with Gasteiger partial charge in [-0.1, -0.05) is 58.2 Å². The van der Waals surface area contributed by atoms with Crippen molar-refractivity contribution in [3.8, 4) is 5.75 Å². The summed E-state index contributed by atoms with van der Waals surface area (Å²) in [4.78, 5) is 11.2. The summed E-state index contributed by atoms with van der Waals surface area (Å²) >= 11 is 0. The summed E-state index contributed by atoms with van der Waals surface area (Å²) in [7, 11) is 0. The van der Waals surface area contributed by atoms with Gasteiger partial charge in [0.05, 0.1) is 0 Å². The lowest BCUT2D eigenvalue weighted by Gasteiger charge is -2.24. The topological polar surface area (TPSA) is 46.5 Å². The van der Waals surface area contributed by atoms with Crippen molar-refractivity contribution in [3.05, 3.63) is 29.8 Å². The zero-order chi connectivity index (χ0) is 16.8. The first-order valence-electron chi connectivity index (χ1n) is 8.22. The molecule has 0 bridgehead atoms. The standard InChI is InChI=1S/C19H30O3/c1-14(2)9-8-10-15(3)13-16-11-6-7-12-17(16)22-19(4,5)18(20)21/h6-7,11-12,14-15H,8-10,13H2,1-5H3,(H,20,21). The number of carbonyl (C=O) groups is 1. The molecule has 0 aliphatic rings. The highest BCUT2D eigenvalue weighted by Gasteiger charge is 2.30. The van der Waals surface area contributed by atoms with E-state index >= 15 is 0 Å². The molecule has 22 heavy (non-hydrogen) atoms. The molecule has 0 radical (unpaired) electrons. The molecule has 3 nitrogen and oxygen atoms in total. The number of carboxylic acids is 1. The van der Waals surface area contributed by atoms with Gasteiger partial charge in [-0.2, -0.15) is 0 Å². The summed E-state index contributed by atoms with van der Waals surface area (Å²) in [5, 5.41) is 9.22. The van der Waals surface area contributed by atoms with Crippen LogP contribution in [0, 0.1) is 11.8 Å². The van der Waals surface area contributed by atoms with Crippen molar-refractivity contribution in [1.82, 2.24) is 0 Å². The second-order valence-electron chi connectivity index (χ2n) is 7.16. The molecule has 1 aromatic rings. The van der Waals surface area contributed by atoms with Crippen molar-refractivity contribution in [3.63, 3.8) is 0 Å². The Hall–Kier alpha value is -1.51. The first kappa shape index (κ1) is 18.5. The Morgan fingerprint density at radius 1 is 1.18 bits per heavy atom. The molecule has 0 saturated heterocycles. The largest absolute Gasteiger partial charge is 0.478 e. The fraction of sp³-hybridized carbons (Fsp3) is 0.632. The average Bonchev–Trinajstić information content (AvgIpc) is 2.40.